The van der Waals surface area contributed by atoms with Gasteiger partial charge in [-0.15, -0.1) is 0 Å². The number of benzene rings is 1. The summed E-state index contributed by atoms with van der Waals surface area (Å²) in [6, 6.07) is 4.21. The topological polar surface area (TPSA) is 79.2 Å². The molecule has 1 aromatic rings. The van der Waals surface area contributed by atoms with Crippen molar-refractivity contribution in [3.63, 3.8) is 0 Å². The standard InChI is InChI=1S/C19H27NO5.C2H6/c1-11(19(22)23)6-13-10-20-5-4-12-7-17(24-2)18(25-3)8-14(12)15(20)9-16(13)21;1-2/h7-8,11,13,15-16,21H,4-6,9-10H2,1-3H3,(H,22,23);1-2H3. The van der Waals surface area contributed by atoms with Gasteiger partial charge < -0.3 is 19.7 Å². The van der Waals surface area contributed by atoms with Crippen LogP contribution in [0.15, 0.2) is 12.1 Å². The molecule has 0 bridgehead atoms. The Morgan fingerprint density at radius 1 is 1.26 bits per heavy atom. The second kappa shape index (κ2) is 9.42. The Hall–Kier alpha value is -1.79. The summed E-state index contributed by atoms with van der Waals surface area (Å²) in [7, 11) is 3.27. The van der Waals surface area contributed by atoms with E-state index in [1.165, 1.54) is 11.1 Å². The van der Waals surface area contributed by atoms with E-state index in [1.54, 1.807) is 21.1 Å². The van der Waals surface area contributed by atoms with Crippen molar-refractivity contribution < 1.29 is 24.5 Å². The zero-order chi connectivity index (χ0) is 20.1. The fraction of sp³-hybridized carbons (Fsp3) is 0.667. The van der Waals surface area contributed by atoms with Crippen molar-refractivity contribution in [2.75, 3.05) is 27.3 Å². The summed E-state index contributed by atoms with van der Waals surface area (Å²) in [6.45, 7) is 7.36. The van der Waals surface area contributed by atoms with Gasteiger partial charge in [0.05, 0.1) is 26.2 Å². The second-order valence-corrected chi connectivity index (χ2v) is 7.20. The van der Waals surface area contributed by atoms with Gasteiger partial charge in [-0.05, 0) is 48.4 Å². The maximum atomic E-state index is 11.1. The van der Waals surface area contributed by atoms with Gasteiger partial charge in [-0.1, -0.05) is 20.8 Å². The first-order valence-corrected chi connectivity index (χ1v) is 9.84. The Bertz CT molecular complexity index is 648. The number of hydrogen-bond donors (Lipinski definition) is 2. The summed E-state index contributed by atoms with van der Waals surface area (Å²) < 4.78 is 10.8. The molecule has 0 radical (unpaired) electrons. The summed E-state index contributed by atoms with van der Waals surface area (Å²) in [4.78, 5) is 13.5. The predicted molar refractivity (Wildman–Crippen MR) is 104 cm³/mol. The summed E-state index contributed by atoms with van der Waals surface area (Å²) in [5.41, 5.74) is 2.43. The average molecular weight is 379 g/mol. The van der Waals surface area contributed by atoms with Gasteiger partial charge in [0, 0.05) is 19.1 Å². The van der Waals surface area contributed by atoms with Crippen LogP contribution in [-0.2, 0) is 11.2 Å². The zero-order valence-corrected chi connectivity index (χ0v) is 17.1. The van der Waals surface area contributed by atoms with Crippen LogP contribution in [-0.4, -0.2) is 54.5 Å². The number of ether oxygens (including phenoxy) is 2. The summed E-state index contributed by atoms with van der Waals surface area (Å²) in [5, 5.41) is 19.8. The maximum absolute atomic E-state index is 11.1. The summed E-state index contributed by atoms with van der Waals surface area (Å²) in [6.07, 6.45) is 1.57. The number of carboxylic acids is 1. The predicted octanol–water partition coefficient (Wildman–Crippen LogP) is 3.12. The van der Waals surface area contributed by atoms with Crippen LogP contribution in [0.25, 0.3) is 0 Å². The SMILES string of the molecule is CC.COc1cc2c(cc1OC)C1CC(O)C(CC(C)C(=O)O)CN1CC2. The number of fused-ring (bicyclic) bond motifs is 3. The number of nitrogens with zero attached hydrogens (tertiary/aromatic N) is 1. The molecule has 4 unspecified atom stereocenters. The number of piperidine rings is 1. The van der Waals surface area contributed by atoms with Crippen molar-refractivity contribution in [3.05, 3.63) is 23.3 Å². The highest BCUT2D eigenvalue weighted by Crippen LogP contribution is 2.43. The van der Waals surface area contributed by atoms with Crippen molar-refractivity contribution >= 4 is 5.97 Å². The van der Waals surface area contributed by atoms with E-state index in [2.05, 4.69) is 4.90 Å². The van der Waals surface area contributed by atoms with Crippen LogP contribution in [0.1, 0.15) is 50.8 Å². The molecule has 1 saturated heterocycles. The van der Waals surface area contributed by atoms with Crippen LogP contribution in [0, 0.1) is 11.8 Å². The van der Waals surface area contributed by atoms with Crippen LogP contribution in [0.4, 0.5) is 0 Å². The molecule has 6 nitrogen and oxygen atoms in total. The molecular weight excluding hydrogens is 346 g/mol. The molecule has 0 saturated carbocycles. The van der Waals surface area contributed by atoms with Crippen LogP contribution in [0.5, 0.6) is 11.5 Å². The molecule has 6 heteroatoms. The first-order valence-electron chi connectivity index (χ1n) is 9.84. The lowest BCUT2D eigenvalue weighted by Gasteiger charge is -2.46. The molecule has 3 rings (SSSR count). The Balaban J connectivity index is 0.00000126. The average Bonchev–Trinajstić information content (AvgIpc) is 2.68. The molecule has 1 fully saturated rings. The minimum Gasteiger partial charge on any atom is -0.493 e. The molecule has 27 heavy (non-hydrogen) atoms. The molecular formula is C21H33NO5. The van der Waals surface area contributed by atoms with Gasteiger partial charge in [0.1, 0.15) is 0 Å². The molecule has 1 aromatic carbocycles. The second-order valence-electron chi connectivity index (χ2n) is 7.20. The van der Waals surface area contributed by atoms with E-state index >= 15 is 0 Å². The van der Waals surface area contributed by atoms with Gasteiger partial charge in [-0.25, -0.2) is 0 Å². The van der Waals surface area contributed by atoms with Crippen molar-refractivity contribution in [1.82, 2.24) is 4.90 Å². The molecule has 0 aliphatic carbocycles. The van der Waals surface area contributed by atoms with Crippen molar-refractivity contribution in [2.45, 2.75) is 52.2 Å². The Morgan fingerprint density at radius 2 is 1.89 bits per heavy atom. The highest BCUT2D eigenvalue weighted by Gasteiger charge is 2.39. The fourth-order valence-electron chi connectivity index (χ4n) is 4.21. The minimum absolute atomic E-state index is 0.00374. The normalized spacial score (nSPS) is 25.3. The largest absolute Gasteiger partial charge is 0.493 e. The molecule has 0 amide bonds. The van der Waals surface area contributed by atoms with Crippen molar-refractivity contribution in [3.8, 4) is 11.5 Å². The van der Waals surface area contributed by atoms with E-state index in [1.807, 2.05) is 26.0 Å². The monoisotopic (exact) mass is 379 g/mol. The lowest BCUT2D eigenvalue weighted by molar-refractivity contribution is -0.142. The number of carbonyl (C=O) groups is 1. The van der Waals surface area contributed by atoms with Gasteiger partial charge in [-0.3, -0.25) is 9.69 Å². The molecule has 2 aliphatic rings. The van der Waals surface area contributed by atoms with E-state index in [-0.39, 0.29) is 12.0 Å². The van der Waals surface area contributed by atoms with E-state index in [4.69, 9.17) is 14.6 Å². The number of rotatable bonds is 5. The number of aliphatic hydroxyl groups excluding tert-OH is 1. The minimum atomic E-state index is -0.796. The van der Waals surface area contributed by atoms with Crippen LogP contribution >= 0.6 is 0 Å². The molecule has 152 valence electrons. The van der Waals surface area contributed by atoms with Gasteiger partial charge in [-0.2, -0.15) is 0 Å². The van der Waals surface area contributed by atoms with Crippen LogP contribution < -0.4 is 9.47 Å². The highest BCUT2D eigenvalue weighted by molar-refractivity contribution is 5.69. The third-order valence-electron chi connectivity index (χ3n) is 5.67. The molecule has 0 spiro atoms. The molecule has 2 aliphatic heterocycles. The van der Waals surface area contributed by atoms with Crippen LogP contribution in [0.3, 0.4) is 0 Å². The smallest absolute Gasteiger partial charge is 0.306 e. The Kier molecular flexibility index (Phi) is 7.50. The Morgan fingerprint density at radius 3 is 2.48 bits per heavy atom. The number of carboxylic acid groups (broad SMARTS) is 1. The highest BCUT2D eigenvalue weighted by atomic mass is 16.5. The quantitative estimate of drug-likeness (QED) is 0.818. The summed E-state index contributed by atoms with van der Waals surface area (Å²) in [5.74, 6) is 0.218. The van der Waals surface area contributed by atoms with E-state index in [9.17, 15) is 9.90 Å². The van der Waals surface area contributed by atoms with Crippen molar-refractivity contribution in [1.29, 1.82) is 0 Å². The molecule has 2 heterocycles. The number of methoxy groups -OCH3 is 2. The summed E-state index contributed by atoms with van der Waals surface area (Å²) >= 11 is 0. The molecule has 4 atom stereocenters. The lowest BCUT2D eigenvalue weighted by atomic mass is 9.79. The fourth-order valence-corrected chi connectivity index (χ4v) is 4.21. The van der Waals surface area contributed by atoms with E-state index in [0.717, 1.165) is 25.3 Å². The number of hydrogen-bond acceptors (Lipinski definition) is 5. The van der Waals surface area contributed by atoms with E-state index in [0.29, 0.717) is 18.6 Å². The molecule has 0 aromatic heterocycles. The zero-order valence-electron chi connectivity index (χ0n) is 17.1. The number of aliphatic carboxylic acids is 1. The maximum Gasteiger partial charge on any atom is 0.306 e. The third kappa shape index (κ3) is 4.55. The van der Waals surface area contributed by atoms with Gasteiger partial charge >= 0.3 is 5.97 Å². The number of aliphatic hydroxyl groups is 1. The Labute approximate surface area is 162 Å². The van der Waals surface area contributed by atoms with Crippen LogP contribution in [0.2, 0.25) is 0 Å². The molecule has 2 N–H and O–H groups in total. The third-order valence-corrected chi connectivity index (χ3v) is 5.67. The van der Waals surface area contributed by atoms with Gasteiger partial charge in [0.2, 0.25) is 0 Å². The van der Waals surface area contributed by atoms with E-state index < -0.39 is 18.0 Å². The lowest BCUT2D eigenvalue weighted by Crippen LogP contribution is -2.48. The van der Waals surface area contributed by atoms with Crippen molar-refractivity contribution in [2.24, 2.45) is 11.8 Å². The van der Waals surface area contributed by atoms with Gasteiger partial charge in [0.15, 0.2) is 11.5 Å². The first-order chi connectivity index (χ1) is 12.9. The first kappa shape index (κ1) is 21.5. The van der Waals surface area contributed by atoms with Gasteiger partial charge in [0.25, 0.3) is 0 Å².